The Morgan fingerprint density at radius 1 is 1.32 bits per heavy atom. The van der Waals surface area contributed by atoms with Crippen molar-refractivity contribution < 1.29 is 14.3 Å². The van der Waals surface area contributed by atoms with Crippen molar-refractivity contribution in [2.24, 2.45) is 0 Å². The first kappa shape index (κ1) is 21.2. The molecule has 7 nitrogen and oxygen atoms in total. The summed E-state index contributed by atoms with van der Waals surface area (Å²) in [6.07, 6.45) is 4.33. The smallest absolute Gasteiger partial charge is 0.348 e. The van der Waals surface area contributed by atoms with Crippen molar-refractivity contribution >= 4 is 33.4 Å². The van der Waals surface area contributed by atoms with Crippen LogP contribution in [0.1, 0.15) is 52.2 Å². The highest BCUT2D eigenvalue weighted by Gasteiger charge is 2.27. The number of aryl methyl sites for hydroxylation is 2. The van der Waals surface area contributed by atoms with E-state index in [1.54, 1.807) is 25.8 Å². The van der Waals surface area contributed by atoms with E-state index in [4.69, 9.17) is 4.74 Å². The maximum Gasteiger partial charge on any atom is 0.348 e. The molecule has 0 radical (unpaired) electrons. The summed E-state index contributed by atoms with van der Waals surface area (Å²) in [6.45, 7) is 3.61. The summed E-state index contributed by atoms with van der Waals surface area (Å²) in [6, 6.07) is 8.22. The van der Waals surface area contributed by atoms with Crippen molar-refractivity contribution in [2.75, 3.05) is 13.7 Å². The Hall–Kier alpha value is -3.00. The molecule has 1 unspecified atom stereocenters. The minimum absolute atomic E-state index is 0.00291. The van der Waals surface area contributed by atoms with Gasteiger partial charge >= 0.3 is 5.97 Å². The standard InChI is InChI=1S/C23H25N3O4S/c1-4-30-23(29)20-14(2)19-21(31-20)24-13-26(22(19)28)12-18(27)25(3)17-11-7-9-15-8-5-6-10-16(15)17/h5-6,8,10,13,17H,4,7,9,11-12H2,1-3H3. The topological polar surface area (TPSA) is 81.5 Å². The van der Waals surface area contributed by atoms with E-state index in [9.17, 15) is 14.4 Å². The van der Waals surface area contributed by atoms with Gasteiger partial charge in [-0.15, -0.1) is 11.3 Å². The molecule has 0 spiro atoms. The number of nitrogens with zero attached hydrogens (tertiary/aromatic N) is 3. The predicted octanol–water partition coefficient (Wildman–Crippen LogP) is 3.48. The molecule has 3 aromatic rings. The number of amides is 1. The Bertz CT molecular complexity index is 1210. The number of likely N-dealkylation sites (N-methyl/N-ethyl adjacent to an activating group) is 1. The molecule has 1 aromatic carbocycles. The summed E-state index contributed by atoms with van der Waals surface area (Å²) < 4.78 is 6.40. The van der Waals surface area contributed by atoms with Crippen molar-refractivity contribution in [2.45, 2.75) is 45.7 Å². The highest BCUT2D eigenvalue weighted by molar-refractivity contribution is 7.20. The number of hydrogen-bond acceptors (Lipinski definition) is 6. The van der Waals surface area contributed by atoms with E-state index in [0.717, 1.165) is 30.6 Å². The lowest BCUT2D eigenvalue weighted by molar-refractivity contribution is -0.133. The molecule has 8 heteroatoms. The Kier molecular flexibility index (Phi) is 5.91. The number of aromatic nitrogens is 2. The van der Waals surface area contributed by atoms with Crippen LogP contribution in [-0.2, 0) is 22.5 Å². The summed E-state index contributed by atoms with van der Waals surface area (Å²) in [5, 5.41) is 0.369. The molecule has 0 fully saturated rings. The first-order valence-electron chi connectivity index (χ1n) is 10.4. The summed E-state index contributed by atoms with van der Waals surface area (Å²) in [7, 11) is 1.79. The second-order valence-electron chi connectivity index (χ2n) is 7.75. The third-order valence-electron chi connectivity index (χ3n) is 5.88. The van der Waals surface area contributed by atoms with Gasteiger partial charge in [-0.1, -0.05) is 24.3 Å². The molecule has 1 atom stereocenters. The third-order valence-corrected chi connectivity index (χ3v) is 7.06. The highest BCUT2D eigenvalue weighted by Crippen LogP contribution is 2.33. The minimum Gasteiger partial charge on any atom is -0.462 e. The SMILES string of the molecule is CCOC(=O)c1sc2ncn(CC(=O)N(C)C3CCCc4ccccc43)c(=O)c2c1C. The van der Waals surface area contributed by atoms with Gasteiger partial charge in [-0.05, 0) is 49.8 Å². The van der Waals surface area contributed by atoms with Crippen LogP contribution in [0.25, 0.3) is 10.2 Å². The third kappa shape index (κ3) is 3.87. The lowest BCUT2D eigenvalue weighted by Crippen LogP contribution is -2.37. The lowest BCUT2D eigenvalue weighted by atomic mass is 9.87. The first-order chi connectivity index (χ1) is 14.9. The second-order valence-corrected chi connectivity index (χ2v) is 8.74. The van der Waals surface area contributed by atoms with Crippen LogP contribution in [0.5, 0.6) is 0 Å². The van der Waals surface area contributed by atoms with Crippen molar-refractivity contribution in [3.8, 4) is 0 Å². The fraction of sp³-hybridized carbons (Fsp3) is 0.391. The van der Waals surface area contributed by atoms with Crippen molar-refractivity contribution in [1.29, 1.82) is 0 Å². The lowest BCUT2D eigenvalue weighted by Gasteiger charge is -2.33. The van der Waals surface area contributed by atoms with E-state index in [1.165, 1.54) is 22.0 Å². The molecule has 0 N–H and O–H groups in total. The van der Waals surface area contributed by atoms with Gasteiger partial charge in [0.15, 0.2) is 0 Å². The number of esters is 1. The number of carbonyl (C=O) groups excluding carboxylic acids is 2. The quantitative estimate of drug-likeness (QED) is 0.569. The Morgan fingerprint density at radius 3 is 2.87 bits per heavy atom. The largest absolute Gasteiger partial charge is 0.462 e. The molecule has 0 saturated heterocycles. The van der Waals surface area contributed by atoms with Gasteiger partial charge in [0.05, 0.1) is 24.4 Å². The first-order valence-corrected chi connectivity index (χ1v) is 11.2. The fourth-order valence-electron chi connectivity index (χ4n) is 4.22. The van der Waals surface area contributed by atoms with Crippen LogP contribution < -0.4 is 5.56 Å². The molecule has 0 aliphatic heterocycles. The number of ether oxygens (including phenoxy) is 1. The summed E-state index contributed by atoms with van der Waals surface area (Å²) >= 11 is 1.14. The predicted molar refractivity (Wildman–Crippen MR) is 119 cm³/mol. The number of benzene rings is 1. The van der Waals surface area contributed by atoms with E-state index < -0.39 is 5.97 Å². The highest BCUT2D eigenvalue weighted by atomic mass is 32.1. The second kappa shape index (κ2) is 8.63. The van der Waals surface area contributed by atoms with Gasteiger partial charge in [-0.3, -0.25) is 14.2 Å². The van der Waals surface area contributed by atoms with E-state index in [0.29, 0.717) is 20.7 Å². The van der Waals surface area contributed by atoms with Crippen LogP contribution >= 0.6 is 11.3 Å². The van der Waals surface area contributed by atoms with Crippen molar-refractivity contribution in [3.05, 3.63) is 62.5 Å². The molecule has 4 rings (SSSR count). The van der Waals surface area contributed by atoms with Gasteiger partial charge in [0.2, 0.25) is 5.91 Å². The average Bonchev–Trinajstić information content (AvgIpc) is 3.12. The molecule has 2 heterocycles. The van der Waals surface area contributed by atoms with Gasteiger partial charge in [0.25, 0.3) is 5.56 Å². The Balaban J connectivity index is 1.61. The van der Waals surface area contributed by atoms with E-state index >= 15 is 0 Å². The minimum atomic E-state index is -0.458. The molecule has 0 bridgehead atoms. The fourth-order valence-corrected chi connectivity index (χ4v) is 5.26. The summed E-state index contributed by atoms with van der Waals surface area (Å²) in [5.41, 5.74) is 2.68. The van der Waals surface area contributed by atoms with Gasteiger partial charge in [0, 0.05) is 7.05 Å². The zero-order chi connectivity index (χ0) is 22.1. The maximum absolute atomic E-state index is 13.1. The molecule has 2 aromatic heterocycles. The van der Waals surface area contributed by atoms with E-state index in [1.807, 2.05) is 12.1 Å². The molecule has 1 aliphatic rings. The van der Waals surface area contributed by atoms with Crippen LogP contribution in [-0.4, -0.2) is 40.0 Å². The van der Waals surface area contributed by atoms with Gasteiger partial charge in [0.1, 0.15) is 16.3 Å². The van der Waals surface area contributed by atoms with Gasteiger partial charge in [-0.2, -0.15) is 0 Å². The molecular formula is C23H25N3O4S. The molecule has 1 aliphatic carbocycles. The van der Waals surface area contributed by atoms with Gasteiger partial charge < -0.3 is 9.64 Å². The van der Waals surface area contributed by atoms with Crippen LogP contribution in [0.2, 0.25) is 0 Å². The molecular weight excluding hydrogens is 414 g/mol. The van der Waals surface area contributed by atoms with Crippen LogP contribution in [0.15, 0.2) is 35.4 Å². The average molecular weight is 440 g/mol. The number of carbonyl (C=O) groups is 2. The summed E-state index contributed by atoms with van der Waals surface area (Å²) in [5.74, 6) is -0.607. The number of fused-ring (bicyclic) bond motifs is 2. The van der Waals surface area contributed by atoms with Crippen LogP contribution in [0, 0.1) is 6.92 Å². The molecule has 1 amide bonds. The van der Waals surface area contributed by atoms with Crippen LogP contribution in [0.4, 0.5) is 0 Å². The van der Waals surface area contributed by atoms with Gasteiger partial charge in [-0.25, -0.2) is 9.78 Å². The number of thiophene rings is 1. The van der Waals surface area contributed by atoms with E-state index in [-0.39, 0.29) is 30.7 Å². The number of rotatable bonds is 5. The normalized spacial score (nSPS) is 15.5. The van der Waals surface area contributed by atoms with E-state index in [2.05, 4.69) is 17.1 Å². The zero-order valence-corrected chi connectivity index (χ0v) is 18.7. The van der Waals surface area contributed by atoms with Crippen molar-refractivity contribution in [1.82, 2.24) is 14.5 Å². The summed E-state index contributed by atoms with van der Waals surface area (Å²) in [4.78, 5) is 45.2. The number of hydrogen-bond donors (Lipinski definition) is 0. The van der Waals surface area contributed by atoms with Crippen LogP contribution in [0.3, 0.4) is 0 Å². The zero-order valence-electron chi connectivity index (χ0n) is 17.9. The Labute approximate surface area is 184 Å². The molecule has 31 heavy (non-hydrogen) atoms. The van der Waals surface area contributed by atoms with Crippen molar-refractivity contribution in [3.63, 3.8) is 0 Å². The molecule has 0 saturated carbocycles. The monoisotopic (exact) mass is 439 g/mol. The molecule has 162 valence electrons. The Morgan fingerprint density at radius 2 is 2.10 bits per heavy atom. The maximum atomic E-state index is 13.1.